The van der Waals surface area contributed by atoms with E-state index < -0.39 is 16.0 Å². The zero-order valence-corrected chi connectivity index (χ0v) is 17.7. The smallest absolute Gasteiger partial charge is 0.344 e. The van der Waals surface area contributed by atoms with Gasteiger partial charge >= 0.3 is 5.97 Å². The summed E-state index contributed by atoms with van der Waals surface area (Å²) < 4.78 is 36.8. The maximum absolute atomic E-state index is 12.5. The highest BCUT2D eigenvalue weighted by Gasteiger charge is 2.22. The number of ether oxygens (including phenoxy) is 2. The minimum Gasteiger partial charge on any atom is -0.482 e. The molecule has 0 aliphatic heterocycles. The van der Waals surface area contributed by atoms with E-state index in [1.54, 1.807) is 72.1 Å². The maximum Gasteiger partial charge on any atom is 0.344 e. The molecular formula is C21H19NO6S2. The molecule has 3 rings (SSSR count). The Labute approximate surface area is 178 Å². The van der Waals surface area contributed by atoms with Crippen molar-refractivity contribution in [3.05, 3.63) is 77.7 Å². The molecule has 3 aromatic rings. The number of hydrogen-bond acceptors (Lipinski definition) is 7. The average molecular weight is 446 g/mol. The van der Waals surface area contributed by atoms with E-state index in [0.717, 1.165) is 11.3 Å². The number of rotatable bonds is 9. The molecule has 0 N–H and O–H groups in total. The number of esters is 1. The second-order valence-corrected chi connectivity index (χ2v) is 9.28. The molecule has 0 fully saturated rings. The van der Waals surface area contributed by atoms with E-state index in [1.165, 1.54) is 11.4 Å². The summed E-state index contributed by atoms with van der Waals surface area (Å²) in [6.07, 6.45) is 0. The monoisotopic (exact) mass is 445 g/mol. The first-order chi connectivity index (χ1) is 14.4. The van der Waals surface area contributed by atoms with Crippen molar-refractivity contribution >= 4 is 38.8 Å². The number of benzene rings is 2. The van der Waals surface area contributed by atoms with Gasteiger partial charge in [0.1, 0.15) is 9.96 Å². The van der Waals surface area contributed by atoms with Gasteiger partial charge in [-0.2, -0.15) is 0 Å². The summed E-state index contributed by atoms with van der Waals surface area (Å²) in [5, 5.41) is 1.70. The molecule has 1 aromatic heterocycles. The molecule has 156 valence electrons. The molecule has 0 amide bonds. The molecule has 0 aliphatic carbocycles. The molecule has 0 spiro atoms. The number of anilines is 1. The van der Waals surface area contributed by atoms with Gasteiger partial charge in [0.15, 0.2) is 19.0 Å². The lowest BCUT2D eigenvalue weighted by atomic mass is 10.1. The van der Waals surface area contributed by atoms with E-state index in [-0.39, 0.29) is 23.2 Å². The predicted octanol–water partition coefficient (Wildman–Crippen LogP) is 3.38. The number of nitrogens with zero attached hydrogens (tertiary/aromatic N) is 1. The lowest BCUT2D eigenvalue weighted by Crippen LogP contribution is -2.25. The van der Waals surface area contributed by atoms with Gasteiger partial charge < -0.3 is 9.47 Å². The molecule has 0 aliphatic rings. The van der Waals surface area contributed by atoms with Crippen LogP contribution in [0.2, 0.25) is 0 Å². The van der Waals surface area contributed by atoms with Crippen molar-refractivity contribution in [2.75, 3.05) is 24.6 Å². The third kappa shape index (κ3) is 5.25. The fourth-order valence-corrected chi connectivity index (χ4v) is 4.83. The van der Waals surface area contributed by atoms with Gasteiger partial charge in [0.2, 0.25) is 0 Å². The Kier molecular flexibility index (Phi) is 6.86. The highest BCUT2D eigenvalue weighted by Crippen LogP contribution is 2.26. The topological polar surface area (TPSA) is 90.0 Å². The molecule has 0 atom stereocenters. The summed E-state index contributed by atoms with van der Waals surface area (Å²) in [6.45, 7) is -0.735. The molecule has 2 aromatic carbocycles. The third-order valence-electron chi connectivity index (χ3n) is 4.13. The number of sulfonamides is 1. The van der Waals surface area contributed by atoms with Crippen molar-refractivity contribution in [1.82, 2.24) is 0 Å². The number of Topliss-reactive ketones (excluding diaryl/α,β-unsaturated/α-hetero) is 1. The quantitative estimate of drug-likeness (QED) is 0.371. The number of carbonyl (C=O) groups excluding carboxylic acids is 2. The van der Waals surface area contributed by atoms with Crippen LogP contribution in [0.5, 0.6) is 5.75 Å². The van der Waals surface area contributed by atoms with Gasteiger partial charge in [-0.25, -0.2) is 13.2 Å². The molecule has 30 heavy (non-hydrogen) atoms. The zero-order chi connectivity index (χ0) is 21.6. The number of hydrogen-bond donors (Lipinski definition) is 0. The van der Waals surface area contributed by atoms with E-state index >= 15 is 0 Å². The van der Waals surface area contributed by atoms with Crippen LogP contribution in [-0.2, 0) is 19.6 Å². The molecule has 0 saturated carbocycles. The van der Waals surface area contributed by atoms with Crippen LogP contribution < -0.4 is 9.04 Å². The SMILES string of the molecule is CN(c1ccc(OCC(=O)OCC(=O)c2ccccc2)cc1)S(=O)(=O)c1cccs1. The first-order valence-electron chi connectivity index (χ1n) is 8.87. The lowest BCUT2D eigenvalue weighted by molar-refractivity contribution is -0.144. The molecular weight excluding hydrogens is 426 g/mol. The molecule has 0 unspecified atom stereocenters. The Morgan fingerprint density at radius 2 is 1.63 bits per heavy atom. The van der Waals surface area contributed by atoms with Gasteiger partial charge in [-0.1, -0.05) is 36.4 Å². The summed E-state index contributed by atoms with van der Waals surface area (Å²) >= 11 is 1.14. The highest BCUT2D eigenvalue weighted by atomic mass is 32.2. The van der Waals surface area contributed by atoms with Gasteiger partial charge in [0.05, 0.1) is 5.69 Å². The summed E-state index contributed by atoms with van der Waals surface area (Å²) in [6, 6.07) is 18.0. The molecule has 1 heterocycles. The van der Waals surface area contributed by atoms with Crippen LogP contribution in [0.3, 0.4) is 0 Å². The molecule has 0 bridgehead atoms. The van der Waals surface area contributed by atoms with Crippen LogP contribution in [0.4, 0.5) is 5.69 Å². The van der Waals surface area contributed by atoms with Crippen molar-refractivity contribution in [3.8, 4) is 5.75 Å². The summed E-state index contributed by atoms with van der Waals surface area (Å²) in [4.78, 5) is 23.7. The fourth-order valence-electron chi connectivity index (χ4n) is 2.47. The first-order valence-corrected chi connectivity index (χ1v) is 11.2. The standard InChI is InChI=1S/C21H19NO6S2/c1-22(30(25,26)21-8-5-13-29-21)17-9-11-18(12-10-17)27-15-20(24)28-14-19(23)16-6-3-2-4-7-16/h2-13H,14-15H2,1H3. The minimum atomic E-state index is -3.62. The van der Waals surface area contributed by atoms with E-state index in [1.807, 2.05) is 0 Å². The number of thiophene rings is 1. The Hall–Kier alpha value is -3.17. The van der Waals surface area contributed by atoms with Crippen molar-refractivity contribution in [2.24, 2.45) is 0 Å². The van der Waals surface area contributed by atoms with Crippen LogP contribution in [-0.4, -0.2) is 40.4 Å². The maximum atomic E-state index is 12.5. The fraction of sp³-hybridized carbons (Fsp3) is 0.143. The van der Waals surface area contributed by atoms with E-state index in [4.69, 9.17) is 9.47 Å². The lowest BCUT2D eigenvalue weighted by Gasteiger charge is -2.18. The minimum absolute atomic E-state index is 0.248. The number of carbonyl (C=O) groups is 2. The van der Waals surface area contributed by atoms with Crippen molar-refractivity contribution < 1.29 is 27.5 Å². The van der Waals surface area contributed by atoms with Crippen LogP contribution in [0.1, 0.15) is 10.4 Å². The van der Waals surface area contributed by atoms with Gasteiger partial charge in [-0.3, -0.25) is 9.10 Å². The van der Waals surface area contributed by atoms with Crippen molar-refractivity contribution in [3.63, 3.8) is 0 Å². The van der Waals surface area contributed by atoms with Crippen LogP contribution in [0, 0.1) is 0 Å². The van der Waals surface area contributed by atoms with Crippen LogP contribution in [0.15, 0.2) is 76.3 Å². The summed E-state index contributed by atoms with van der Waals surface area (Å²) in [5.74, 6) is -0.615. The van der Waals surface area contributed by atoms with Gasteiger partial charge in [0, 0.05) is 12.6 Å². The van der Waals surface area contributed by atoms with E-state index in [0.29, 0.717) is 17.0 Å². The van der Waals surface area contributed by atoms with Crippen molar-refractivity contribution in [2.45, 2.75) is 4.21 Å². The molecule has 0 radical (unpaired) electrons. The highest BCUT2D eigenvalue weighted by molar-refractivity contribution is 7.94. The van der Waals surface area contributed by atoms with E-state index in [9.17, 15) is 18.0 Å². The summed E-state index contributed by atoms with van der Waals surface area (Å²) in [7, 11) is -2.16. The largest absolute Gasteiger partial charge is 0.482 e. The molecule has 7 nitrogen and oxygen atoms in total. The first kappa shape index (κ1) is 21.5. The second kappa shape index (κ2) is 9.55. The zero-order valence-electron chi connectivity index (χ0n) is 16.1. The molecule has 0 saturated heterocycles. The number of ketones is 1. The van der Waals surface area contributed by atoms with Gasteiger partial charge in [-0.15, -0.1) is 11.3 Å². The van der Waals surface area contributed by atoms with Crippen LogP contribution >= 0.6 is 11.3 Å². The van der Waals surface area contributed by atoms with Crippen molar-refractivity contribution in [1.29, 1.82) is 0 Å². The molecule has 9 heteroatoms. The second-order valence-electron chi connectivity index (χ2n) is 6.14. The Bertz CT molecular complexity index is 1090. The van der Waals surface area contributed by atoms with E-state index in [2.05, 4.69) is 0 Å². The Morgan fingerprint density at radius 1 is 0.933 bits per heavy atom. The summed E-state index contributed by atoms with van der Waals surface area (Å²) in [5.41, 5.74) is 0.912. The predicted molar refractivity (Wildman–Crippen MR) is 114 cm³/mol. The van der Waals surface area contributed by atoms with Gasteiger partial charge in [0.25, 0.3) is 10.0 Å². The van der Waals surface area contributed by atoms with Gasteiger partial charge in [-0.05, 0) is 35.7 Å². The Balaban J connectivity index is 1.51. The normalized spacial score (nSPS) is 11.0. The van der Waals surface area contributed by atoms with Crippen LogP contribution in [0.25, 0.3) is 0 Å². The third-order valence-corrected chi connectivity index (χ3v) is 7.29. The average Bonchev–Trinajstić information content (AvgIpc) is 3.32. The Morgan fingerprint density at radius 3 is 2.27 bits per heavy atom.